The van der Waals surface area contributed by atoms with Crippen molar-refractivity contribution in [1.29, 1.82) is 0 Å². The molecule has 0 aliphatic carbocycles. The average molecular weight is 452 g/mol. The lowest BCUT2D eigenvalue weighted by Crippen LogP contribution is -2.12. The van der Waals surface area contributed by atoms with Gasteiger partial charge in [0.05, 0.1) is 20.6 Å². The zero-order chi connectivity index (χ0) is 19.8. The lowest BCUT2D eigenvalue weighted by molar-refractivity contribution is 0.102. The van der Waals surface area contributed by atoms with E-state index in [1.807, 2.05) is 0 Å². The molecule has 1 amide bonds. The van der Waals surface area contributed by atoms with Gasteiger partial charge in [0.15, 0.2) is 5.58 Å². The summed E-state index contributed by atoms with van der Waals surface area (Å²) in [6.45, 7) is 0. The summed E-state index contributed by atoms with van der Waals surface area (Å²) in [5.74, 6) is 0.0231. The van der Waals surface area contributed by atoms with Gasteiger partial charge < -0.3 is 9.73 Å². The van der Waals surface area contributed by atoms with Crippen molar-refractivity contribution in [3.05, 3.63) is 80.3 Å². The fourth-order valence-electron chi connectivity index (χ4n) is 2.63. The summed E-state index contributed by atoms with van der Waals surface area (Å²) in [7, 11) is 0. The van der Waals surface area contributed by atoms with Gasteiger partial charge in [-0.2, -0.15) is 0 Å². The molecular weight excluding hydrogens is 442 g/mol. The number of rotatable bonds is 3. The molecule has 1 heterocycles. The molecule has 0 radical (unpaired) electrons. The number of nitrogens with one attached hydrogen (secondary N) is 1. The number of amides is 1. The van der Waals surface area contributed by atoms with Crippen molar-refractivity contribution in [3.63, 3.8) is 0 Å². The van der Waals surface area contributed by atoms with Crippen molar-refractivity contribution in [2.45, 2.75) is 0 Å². The molecule has 1 aromatic heterocycles. The Balaban J connectivity index is 1.63. The fraction of sp³-hybridized carbons (Fsp3) is 0. The number of anilines is 1. The lowest BCUT2D eigenvalue weighted by Gasteiger charge is -2.07. The van der Waals surface area contributed by atoms with Crippen LogP contribution in [0.25, 0.3) is 22.6 Å². The van der Waals surface area contributed by atoms with Crippen LogP contribution in [0.3, 0.4) is 0 Å². The Morgan fingerprint density at radius 3 is 2.43 bits per heavy atom. The lowest BCUT2D eigenvalue weighted by atomic mass is 10.2. The highest BCUT2D eigenvalue weighted by Crippen LogP contribution is 2.31. The van der Waals surface area contributed by atoms with E-state index in [9.17, 15) is 4.79 Å². The van der Waals surface area contributed by atoms with E-state index < -0.39 is 0 Å². The average Bonchev–Trinajstić information content (AvgIpc) is 3.09. The first kappa shape index (κ1) is 19.1. The third-order valence-electron chi connectivity index (χ3n) is 3.99. The maximum atomic E-state index is 12.5. The van der Waals surface area contributed by atoms with Crippen LogP contribution in [0.4, 0.5) is 5.69 Å². The highest BCUT2D eigenvalue weighted by Gasteiger charge is 2.14. The number of carbonyl (C=O) groups excluding carboxylic acids is 1. The molecule has 0 unspecified atom stereocenters. The molecule has 1 N–H and O–H groups in total. The van der Waals surface area contributed by atoms with E-state index in [-0.39, 0.29) is 11.5 Å². The summed E-state index contributed by atoms with van der Waals surface area (Å²) < 4.78 is 5.76. The molecule has 28 heavy (non-hydrogen) atoms. The molecule has 0 fully saturated rings. The Bertz CT molecular complexity index is 1220. The molecule has 0 aliphatic heterocycles. The Kier molecular flexibility index (Phi) is 5.21. The summed E-state index contributed by atoms with van der Waals surface area (Å²) >= 11 is 24.0. The van der Waals surface area contributed by atoms with Gasteiger partial charge in [0.25, 0.3) is 5.91 Å². The number of fused-ring (bicyclic) bond motifs is 1. The number of benzene rings is 3. The largest absolute Gasteiger partial charge is 0.436 e. The quantitative estimate of drug-likeness (QED) is 0.354. The minimum atomic E-state index is -0.375. The van der Waals surface area contributed by atoms with Crippen LogP contribution >= 0.6 is 46.4 Å². The monoisotopic (exact) mass is 450 g/mol. The number of aromatic nitrogens is 1. The molecule has 0 bridgehead atoms. The second-order valence-electron chi connectivity index (χ2n) is 5.91. The molecule has 3 aromatic carbocycles. The van der Waals surface area contributed by atoms with Crippen molar-refractivity contribution in [3.8, 4) is 11.5 Å². The number of halogens is 4. The molecule has 0 atom stereocenters. The van der Waals surface area contributed by atoms with Gasteiger partial charge in [0, 0.05) is 16.3 Å². The smallest absolute Gasteiger partial charge is 0.257 e. The Labute approximate surface area is 180 Å². The van der Waals surface area contributed by atoms with Crippen molar-refractivity contribution >= 4 is 69.1 Å². The third-order valence-corrected chi connectivity index (χ3v) is 5.29. The molecule has 4 aromatic rings. The number of oxazole rings is 1. The van der Waals surface area contributed by atoms with Crippen LogP contribution in [-0.2, 0) is 0 Å². The SMILES string of the molecule is O=C(Nc1ccc2oc(-c3ccc(Cl)c(Cl)c3)nc2c1)c1cc(Cl)ccc1Cl. The summed E-state index contributed by atoms with van der Waals surface area (Å²) in [5.41, 5.74) is 2.67. The van der Waals surface area contributed by atoms with Gasteiger partial charge in [-0.15, -0.1) is 0 Å². The van der Waals surface area contributed by atoms with Crippen molar-refractivity contribution < 1.29 is 9.21 Å². The molecule has 0 saturated heterocycles. The summed E-state index contributed by atoms with van der Waals surface area (Å²) in [5, 5.41) is 4.38. The third kappa shape index (κ3) is 3.82. The van der Waals surface area contributed by atoms with Gasteiger partial charge >= 0.3 is 0 Å². The molecule has 0 aliphatic rings. The second-order valence-corrected chi connectivity index (χ2v) is 7.57. The predicted octanol–water partition coefficient (Wildman–Crippen LogP) is 7.36. The van der Waals surface area contributed by atoms with E-state index in [0.29, 0.717) is 48.3 Å². The summed E-state index contributed by atoms with van der Waals surface area (Å²) in [6, 6.07) is 15.0. The molecule has 4 rings (SSSR count). The van der Waals surface area contributed by atoms with Crippen LogP contribution in [0.15, 0.2) is 59.0 Å². The van der Waals surface area contributed by atoms with Gasteiger partial charge in [0.1, 0.15) is 5.52 Å². The molecule has 0 spiro atoms. The van der Waals surface area contributed by atoms with E-state index in [1.54, 1.807) is 48.5 Å². The van der Waals surface area contributed by atoms with Gasteiger partial charge in [-0.05, 0) is 54.6 Å². The Morgan fingerprint density at radius 2 is 1.64 bits per heavy atom. The molecule has 0 saturated carbocycles. The molecule has 4 nitrogen and oxygen atoms in total. The predicted molar refractivity (Wildman–Crippen MR) is 114 cm³/mol. The minimum absolute atomic E-state index is 0.283. The van der Waals surface area contributed by atoms with E-state index in [0.717, 1.165) is 0 Å². The number of nitrogens with zero attached hydrogens (tertiary/aromatic N) is 1. The second kappa shape index (κ2) is 7.64. The van der Waals surface area contributed by atoms with Crippen molar-refractivity contribution in [2.24, 2.45) is 0 Å². The fourth-order valence-corrected chi connectivity index (χ4v) is 3.30. The highest BCUT2D eigenvalue weighted by atomic mass is 35.5. The van der Waals surface area contributed by atoms with Crippen LogP contribution < -0.4 is 5.32 Å². The Morgan fingerprint density at radius 1 is 0.857 bits per heavy atom. The Hall–Kier alpha value is -2.24. The number of hydrogen-bond acceptors (Lipinski definition) is 3. The highest BCUT2D eigenvalue weighted by molar-refractivity contribution is 6.42. The maximum absolute atomic E-state index is 12.5. The molecule has 8 heteroatoms. The van der Waals surface area contributed by atoms with Crippen LogP contribution in [0.1, 0.15) is 10.4 Å². The van der Waals surface area contributed by atoms with Crippen LogP contribution in [-0.4, -0.2) is 10.9 Å². The van der Waals surface area contributed by atoms with E-state index in [4.69, 9.17) is 50.8 Å². The normalized spacial score (nSPS) is 11.0. The van der Waals surface area contributed by atoms with Crippen LogP contribution in [0.5, 0.6) is 0 Å². The first-order chi connectivity index (χ1) is 13.4. The van der Waals surface area contributed by atoms with Gasteiger partial charge in [-0.1, -0.05) is 46.4 Å². The van der Waals surface area contributed by atoms with Gasteiger partial charge in [-0.25, -0.2) is 4.98 Å². The standard InChI is InChI=1S/C20H10Cl4N2O2/c21-11-2-5-14(22)13(8-11)19(27)25-12-3-6-18-17(9-12)26-20(28-18)10-1-4-15(23)16(24)7-10/h1-9H,(H,25,27). The van der Waals surface area contributed by atoms with Gasteiger partial charge in [0.2, 0.25) is 5.89 Å². The first-order valence-electron chi connectivity index (χ1n) is 8.03. The van der Waals surface area contributed by atoms with E-state index in [2.05, 4.69) is 10.3 Å². The van der Waals surface area contributed by atoms with Crippen molar-refractivity contribution in [1.82, 2.24) is 4.98 Å². The first-order valence-corrected chi connectivity index (χ1v) is 9.54. The van der Waals surface area contributed by atoms with E-state index in [1.165, 1.54) is 6.07 Å². The molecular formula is C20H10Cl4N2O2. The number of carbonyl (C=O) groups is 1. The van der Waals surface area contributed by atoms with Crippen molar-refractivity contribution in [2.75, 3.05) is 5.32 Å². The zero-order valence-electron chi connectivity index (χ0n) is 14.0. The molecule has 140 valence electrons. The van der Waals surface area contributed by atoms with E-state index >= 15 is 0 Å². The minimum Gasteiger partial charge on any atom is -0.436 e. The number of hydrogen-bond donors (Lipinski definition) is 1. The van der Waals surface area contributed by atoms with Crippen LogP contribution in [0.2, 0.25) is 20.1 Å². The topological polar surface area (TPSA) is 55.1 Å². The van der Waals surface area contributed by atoms with Crippen LogP contribution in [0, 0.1) is 0 Å². The zero-order valence-corrected chi connectivity index (χ0v) is 17.0. The van der Waals surface area contributed by atoms with Gasteiger partial charge in [-0.3, -0.25) is 4.79 Å². The maximum Gasteiger partial charge on any atom is 0.257 e. The summed E-state index contributed by atoms with van der Waals surface area (Å²) in [6.07, 6.45) is 0. The summed E-state index contributed by atoms with van der Waals surface area (Å²) in [4.78, 5) is 17.0.